The SMILES string of the molecule is CCNC(=NCC(C)N1CCN(CC)CC1)NCC(c1cccs1)N1CCOCC1. The van der Waals surface area contributed by atoms with Gasteiger partial charge in [0.05, 0.1) is 25.8 Å². The first-order valence-corrected chi connectivity index (χ1v) is 12.4. The Kier molecular flexibility index (Phi) is 9.87. The molecule has 3 heterocycles. The molecule has 2 atom stereocenters. The molecule has 8 heteroatoms. The summed E-state index contributed by atoms with van der Waals surface area (Å²) in [6, 6.07) is 5.21. The Morgan fingerprint density at radius 2 is 1.87 bits per heavy atom. The normalized spacial score (nSPS) is 22.0. The predicted octanol–water partition coefficient (Wildman–Crippen LogP) is 1.70. The van der Waals surface area contributed by atoms with Crippen LogP contribution in [0, 0.1) is 0 Å². The molecule has 170 valence electrons. The Hall–Kier alpha value is -1.19. The van der Waals surface area contributed by atoms with Gasteiger partial charge in [0.15, 0.2) is 5.96 Å². The molecule has 2 saturated heterocycles. The molecule has 2 fully saturated rings. The van der Waals surface area contributed by atoms with E-state index in [0.29, 0.717) is 12.1 Å². The maximum absolute atomic E-state index is 5.57. The number of hydrogen-bond donors (Lipinski definition) is 2. The lowest BCUT2D eigenvalue weighted by atomic mass is 10.2. The van der Waals surface area contributed by atoms with E-state index in [1.54, 1.807) is 0 Å². The molecular weight excluding hydrogens is 396 g/mol. The lowest BCUT2D eigenvalue weighted by Gasteiger charge is -2.37. The second kappa shape index (κ2) is 12.6. The Labute approximate surface area is 186 Å². The summed E-state index contributed by atoms with van der Waals surface area (Å²) in [6.07, 6.45) is 0. The summed E-state index contributed by atoms with van der Waals surface area (Å²) >= 11 is 1.84. The molecule has 0 bridgehead atoms. The number of nitrogens with one attached hydrogen (secondary N) is 2. The van der Waals surface area contributed by atoms with Gasteiger partial charge >= 0.3 is 0 Å². The maximum Gasteiger partial charge on any atom is 0.191 e. The van der Waals surface area contributed by atoms with E-state index >= 15 is 0 Å². The first kappa shape index (κ1) is 23.5. The van der Waals surface area contributed by atoms with Crippen molar-refractivity contribution in [1.29, 1.82) is 0 Å². The molecule has 0 spiro atoms. The van der Waals surface area contributed by atoms with Crippen LogP contribution >= 0.6 is 11.3 Å². The molecule has 2 N–H and O–H groups in total. The van der Waals surface area contributed by atoms with Crippen LogP contribution in [0.2, 0.25) is 0 Å². The summed E-state index contributed by atoms with van der Waals surface area (Å²) in [5, 5.41) is 9.22. The zero-order valence-electron chi connectivity index (χ0n) is 19.0. The molecule has 2 unspecified atom stereocenters. The van der Waals surface area contributed by atoms with Crippen LogP contribution in [0.3, 0.4) is 0 Å². The molecular formula is C22H40N6OS. The highest BCUT2D eigenvalue weighted by Crippen LogP contribution is 2.25. The number of ether oxygens (including phenoxy) is 1. The average molecular weight is 437 g/mol. The molecule has 0 radical (unpaired) electrons. The number of morpholine rings is 1. The third kappa shape index (κ3) is 6.92. The van der Waals surface area contributed by atoms with E-state index in [9.17, 15) is 0 Å². The van der Waals surface area contributed by atoms with Crippen LogP contribution < -0.4 is 10.6 Å². The van der Waals surface area contributed by atoms with Gasteiger partial charge < -0.3 is 20.3 Å². The summed E-state index contributed by atoms with van der Waals surface area (Å²) in [7, 11) is 0. The summed E-state index contributed by atoms with van der Waals surface area (Å²) in [6.45, 7) is 18.6. The molecule has 1 aromatic heterocycles. The van der Waals surface area contributed by atoms with Crippen molar-refractivity contribution in [2.75, 3.05) is 78.7 Å². The number of rotatable bonds is 9. The van der Waals surface area contributed by atoms with Crippen molar-refractivity contribution in [3.63, 3.8) is 0 Å². The van der Waals surface area contributed by atoms with Crippen LogP contribution in [0.25, 0.3) is 0 Å². The van der Waals surface area contributed by atoms with E-state index in [0.717, 1.165) is 71.5 Å². The van der Waals surface area contributed by atoms with Gasteiger partial charge in [-0.05, 0) is 31.8 Å². The quantitative estimate of drug-likeness (QED) is 0.454. The Balaban J connectivity index is 1.55. The maximum atomic E-state index is 5.57. The lowest BCUT2D eigenvalue weighted by Crippen LogP contribution is -2.50. The highest BCUT2D eigenvalue weighted by Gasteiger charge is 2.24. The van der Waals surface area contributed by atoms with Crippen molar-refractivity contribution in [3.05, 3.63) is 22.4 Å². The van der Waals surface area contributed by atoms with E-state index in [2.05, 4.69) is 63.6 Å². The zero-order chi connectivity index (χ0) is 21.2. The third-order valence-corrected chi connectivity index (χ3v) is 7.13. The van der Waals surface area contributed by atoms with E-state index in [1.807, 2.05) is 11.3 Å². The van der Waals surface area contributed by atoms with Gasteiger partial charge in [0, 0.05) is 63.3 Å². The van der Waals surface area contributed by atoms with Gasteiger partial charge in [-0.15, -0.1) is 11.3 Å². The number of likely N-dealkylation sites (N-methyl/N-ethyl adjacent to an activating group) is 1. The number of guanidine groups is 1. The first-order chi connectivity index (χ1) is 14.7. The monoisotopic (exact) mass is 436 g/mol. The highest BCUT2D eigenvalue weighted by atomic mass is 32.1. The molecule has 0 aromatic carbocycles. The van der Waals surface area contributed by atoms with Gasteiger partial charge in [-0.25, -0.2) is 0 Å². The minimum Gasteiger partial charge on any atom is -0.379 e. The largest absolute Gasteiger partial charge is 0.379 e. The minimum absolute atomic E-state index is 0.359. The fourth-order valence-corrected chi connectivity index (χ4v) is 5.03. The molecule has 2 aliphatic heterocycles. The standard InChI is InChI=1S/C22H40N6OS/c1-4-23-22(24-17-19(3)27-10-8-26(5-2)9-11-27)25-18-20(21-7-6-16-30-21)28-12-14-29-15-13-28/h6-7,16,19-20H,4-5,8-15,17-18H2,1-3H3,(H2,23,24,25). The van der Waals surface area contributed by atoms with Crippen molar-refractivity contribution in [2.24, 2.45) is 4.99 Å². The summed E-state index contributed by atoms with van der Waals surface area (Å²) in [5.41, 5.74) is 0. The van der Waals surface area contributed by atoms with Crippen LogP contribution in [0.1, 0.15) is 31.7 Å². The number of hydrogen-bond acceptors (Lipinski definition) is 6. The van der Waals surface area contributed by atoms with Gasteiger partial charge in [0.25, 0.3) is 0 Å². The minimum atomic E-state index is 0.359. The Morgan fingerprint density at radius 1 is 1.10 bits per heavy atom. The van der Waals surface area contributed by atoms with Gasteiger partial charge in [0.2, 0.25) is 0 Å². The van der Waals surface area contributed by atoms with Crippen LogP contribution in [-0.2, 0) is 4.74 Å². The van der Waals surface area contributed by atoms with E-state index in [1.165, 1.54) is 18.0 Å². The highest BCUT2D eigenvalue weighted by molar-refractivity contribution is 7.10. The van der Waals surface area contributed by atoms with Gasteiger partial charge in [-0.3, -0.25) is 14.8 Å². The Morgan fingerprint density at radius 3 is 2.50 bits per heavy atom. The van der Waals surface area contributed by atoms with Crippen molar-refractivity contribution in [1.82, 2.24) is 25.3 Å². The molecule has 3 rings (SSSR count). The van der Waals surface area contributed by atoms with Crippen LogP contribution in [0.4, 0.5) is 0 Å². The molecule has 7 nitrogen and oxygen atoms in total. The van der Waals surface area contributed by atoms with Crippen LogP contribution in [0.15, 0.2) is 22.5 Å². The van der Waals surface area contributed by atoms with Crippen molar-refractivity contribution in [3.8, 4) is 0 Å². The topological polar surface area (TPSA) is 55.4 Å². The smallest absolute Gasteiger partial charge is 0.191 e. The van der Waals surface area contributed by atoms with Crippen molar-refractivity contribution < 1.29 is 4.74 Å². The Bertz CT molecular complexity index is 611. The summed E-state index contributed by atoms with van der Waals surface area (Å²) < 4.78 is 5.57. The predicted molar refractivity (Wildman–Crippen MR) is 127 cm³/mol. The summed E-state index contributed by atoms with van der Waals surface area (Å²) in [5.74, 6) is 0.923. The van der Waals surface area contributed by atoms with Crippen LogP contribution in [0.5, 0.6) is 0 Å². The molecule has 30 heavy (non-hydrogen) atoms. The number of piperazine rings is 1. The number of thiophene rings is 1. The second-order valence-electron chi connectivity index (χ2n) is 8.10. The van der Waals surface area contributed by atoms with Gasteiger partial charge in [-0.1, -0.05) is 13.0 Å². The summed E-state index contributed by atoms with van der Waals surface area (Å²) in [4.78, 5) is 14.0. The lowest BCUT2D eigenvalue weighted by molar-refractivity contribution is 0.0177. The van der Waals surface area contributed by atoms with E-state index in [-0.39, 0.29) is 0 Å². The fourth-order valence-electron chi connectivity index (χ4n) is 4.17. The van der Waals surface area contributed by atoms with E-state index in [4.69, 9.17) is 9.73 Å². The second-order valence-corrected chi connectivity index (χ2v) is 9.08. The van der Waals surface area contributed by atoms with Gasteiger partial charge in [-0.2, -0.15) is 0 Å². The number of nitrogens with zero attached hydrogens (tertiary/aromatic N) is 4. The van der Waals surface area contributed by atoms with Crippen LogP contribution in [-0.4, -0.2) is 105 Å². The first-order valence-electron chi connectivity index (χ1n) is 11.5. The van der Waals surface area contributed by atoms with Crippen molar-refractivity contribution >= 4 is 17.3 Å². The molecule has 1 aromatic rings. The molecule has 0 amide bonds. The number of aliphatic imine (C=N–C) groups is 1. The van der Waals surface area contributed by atoms with E-state index < -0.39 is 0 Å². The third-order valence-electron chi connectivity index (χ3n) is 6.16. The average Bonchev–Trinajstić information content (AvgIpc) is 3.32. The zero-order valence-corrected chi connectivity index (χ0v) is 19.8. The van der Waals surface area contributed by atoms with Gasteiger partial charge in [0.1, 0.15) is 0 Å². The molecule has 0 saturated carbocycles. The fraction of sp³-hybridized carbons (Fsp3) is 0.773. The molecule has 2 aliphatic rings. The molecule has 0 aliphatic carbocycles. The van der Waals surface area contributed by atoms with Crippen molar-refractivity contribution in [2.45, 2.75) is 32.9 Å².